The third kappa shape index (κ3) is 4.44. The number of nitrogens with zero attached hydrogens (tertiary/aromatic N) is 5. The molecule has 1 unspecified atom stereocenters. The van der Waals surface area contributed by atoms with Gasteiger partial charge < -0.3 is 11.1 Å². The van der Waals surface area contributed by atoms with Gasteiger partial charge in [0, 0.05) is 28.0 Å². The second-order valence-corrected chi connectivity index (χ2v) is 8.85. The molecule has 0 bridgehead atoms. The molecule has 1 atom stereocenters. The van der Waals surface area contributed by atoms with E-state index in [2.05, 4.69) is 46.7 Å². The van der Waals surface area contributed by atoms with Crippen molar-refractivity contribution in [2.24, 2.45) is 5.73 Å². The molecule has 4 rings (SSSR count). The van der Waals surface area contributed by atoms with Crippen molar-refractivity contribution in [3.05, 3.63) is 92.2 Å². The van der Waals surface area contributed by atoms with Crippen LogP contribution in [0.1, 0.15) is 43.4 Å². The van der Waals surface area contributed by atoms with Gasteiger partial charge in [0.15, 0.2) is 5.69 Å². The van der Waals surface area contributed by atoms with Gasteiger partial charge in [-0.05, 0) is 42.8 Å². The van der Waals surface area contributed by atoms with Crippen LogP contribution in [-0.4, -0.2) is 42.0 Å². The monoisotopic (exact) mass is 582 g/mol. The van der Waals surface area contributed by atoms with Crippen LogP contribution in [0.15, 0.2) is 53.4 Å². The molecule has 0 spiro atoms. The summed E-state index contributed by atoms with van der Waals surface area (Å²) in [5.74, 6) is -1.76. The molecular formula is C21H15BrClF3N8O2. The average molecular weight is 584 g/mol. The van der Waals surface area contributed by atoms with E-state index in [0.29, 0.717) is 16.2 Å². The minimum atomic E-state index is -4.87. The molecule has 0 aliphatic rings. The number of hydrogen-bond acceptors (Lipinski definition) is 6. The number of H-pyrrole nitrogens is 1. The van der Waals surface area contributed by atoms with Gasteiger partial charge in [0.25, 0.3) is 5.91 Å². The number of halogens is 5. The molecule has 4 aromatic rings. The van der Waals surface area contributed by atoms with Gasteiger partial charge in [0.2, 0.25) is 11.6 Å². The number of rotatable bonds is 6. The molecule has 15 heteroatoms. The Kier molecular flexibility index (Phi) is 6.58. The third-order valence-electron chi connectivity index (χ3n) is 5.20. The Morgan fingerprint density at radius 3 is 2.56 bits per heavy atom. The highest BCUT2D eigenvalue weighted by atomic mass is 79.9. The number of primary amides is 1. The second kappa shape index (κ2) is 9.35. The first kappa shape index (κ1) is 25.3. The quantitative estimate of drug-likeness (QED) is 0.317. The molecular weight excluding hydrogens is 569 g/mol. The lowest BCUT2D eigenvalue weighted by Crippen LogP contribution is -2.54. The van der Waals surface area contributed by atoms with Crippen molar-refractivity contribution in [1.29, 1.82) is 0 Å². The summed E-state index contributed by atoms with van der Waals surface area (Å²) >= 11 is 9.77. The Labute approximate surface area is 214 Å². The van der Waals surface area contributed by atoms with E-state index < -0.39 is 29.3 Å². The molecule has 0 saturated carbocycles. The zero-order valence-corrected chi connectivity index (χ0v) is 20.5. The molecule has 36 heavy (non-hydrogen) atoms. The molecule has 4 N–H and O–H groups in total. The summed E-state index contributed by atoms with van der Waals surface area (Å²) in [6, 6.07) is 7.18. The molecule has 2 amide bonds. The molecule has 1 aromatic carbocycles. The third-order valence-corrected chi connectivity index (χ3v) is 5.96. The lowest BCUT2D eigenvalue weighted by atomic mass is 9.86. The highest BCUT2D eigenvalue weighted by Gasteiger charge is 2.47. The van der Waals surface area contributed by atoms with Crippen molar-refractivity contribution in [3.63, 3.8) is 0 Å². The minimum absolute atomic E-state index is 0.0229. The molecule has 0 aliphatic heterocycles. The Morgan fingerprint density at radius 1 is 1.22 bits per heavy atom. The molecule has 3 aromatic heterocycles. The summed E-state index contributed by atoms with van der Waals surface area (Å²) < 4.78 is 41.9. The molecule has 0 aliphatic carbocycles. The highest BCUT2D eigenvalue weighted by molar-refractivity contribution is 9.10. The number of alkyl halides is 3. The van der Waals surface area contributed by atoms with Gasteiger partial charge in [-0.2, -0.15) is 18.3 Å². The summed E-state index contributed by atoms with van der Waals surface area (Å²) in [7, 11) is 0. The fraction of sp³-hybridized carbons (Fsp3) is 0.143. The predicted octanol–water partition coefficient (Wildman–Crippen LogP) is 3.42. The fourth-order valence-corrected chi connectivity index (χ4v) is 4.59. The van der Waals surface area contributed by atoms with Crippen LogP contribution in [0, 0.1) is 6.92 Å². The number of amides is 2. The van der Waals surface area contributed by atoms with Crippen molar-refractivity contribution in [3.8, 4) is 0 Å². The average Bonchev–Trinajstić information content (AvgIpc) is 3.50. The van der Waals surface area contributed by atoms with E-state index in [1.807, 2.05) is 0 Å². The Bertz CT molecular complexity index is 1460. The second-order valence-electron chi connectivity index (χ2n) is 7.52. The maximum Gasteiger partial charge on any atom is 0.436 e. The fourth-order valence-electron chi connectivity index (χ4n) is 3.76. The summed E-state index contributed by atoms with van der Waals surface area (Å²) in [4.78, 5) is 30.2. The van der Waals surface area contributed by atoms with Gasteiger partial charge in [0.1, 0.15) is 11.4 Å². The lowest BCUT2D eigenvalue weighted by Gasteiger charge is -2.37. The van der Waals surface area contributed by atoms with Gasteiger partial charge in [0.05, 0.1) is 11.2 Å². The molecule has 3 heterocycles. The lowest BCUT2D eigenvalue weighted by molar-refractivity contribution is -0.141. The number of aromatic nitrogens is 6. The van der Waals surface area contributed by atoms with Crippen molar-refractivity contribution < 1.29 is 22.8 Å². The minimum Gasteiger partial charge on any atom is -0.366 e. The van der Waals surface area contributed by atoms with Crippen LogP contribution >= 0.6 is 27.5 Å². The van der Waals surface area contributed by atoms with Crippen molar-refractivity contribution in [2.45, 2.75) is 18.8 Å². The van der Waals surface area contributed by atoms with Gasteiger partial charge in [-0.3, -0.25) is 19.7 Å². The first-order valence-electron chi connectivity index (χ1n) is 9.98. The van der Waals surface area contributed by atoms with Crippen LogP contribution in [0.2, 0.25) is 5.02 Å². The molecule has 0 radical (unpaired) electrons. The number of aryl methyl sites for hydroxylation is 1. The van der Waals surface area contributed by atoms with Crippen LogP contribution in [-0.2, 0) is 11.8 Å². The molecule has 0 fully saturated rings. The molecule has 0 saturated heterocycles. The highest BCUT2D eigenvalue weighted by Crippen LogP contribution is 2.40. The number of hydrogen-bond donors (Lipinski definition) is 3. The standard InChI is InChI=1S/C21H15BrClF3N8O2/c1-10-7-11(22)8-12(18(27)35)16(10)20(17-13(23)3-2-5-28-17,30-19(36)14-4-6-29-31-14)34-9-15(32-33-34)21(24,25)26/h2-9H,1H3,(H2,27,35)(H,29,31)(H,30,36). The summed E-state index contributed by atoms with van der Waals surface area (Å²) in [6.07, 6.45) is -1.67. The Hall–Kier alpha value is -3.78. The van der Waals surface area contributed by atoms with Crippen LogP contribution in [0.3, 0.4) is 0 Å². The SMILES string of the molecule is Cc1cc(Br)cc(C(N)=O)c1C(NC(=O)c1ccn[nH]1)(c1ncccc1Cl)n1cc(C(F)(F)F)nn1. The number of aromatic amines is 1. The van der Waals surface area contributed by atoms with E-state index in [9.17, 15) is 22.8 Å². The number of benzene rings is 1. The van der Waals surface area contributed by atoms with E-state index in [0.717, 1.165) is 4.68 Å². The topological polar surface area (TPSA) is 144 Å². The van der Waals surface area contributed by atoms with Gasteiger partial charge in [-0.1, -0.05) is 32.7 Å². The normalized spacial score (nSPS) is 13.3. The van der Waals surface area contributed by atoms with Crippen LogP contribution < -0.4 is 11.1 Å². The van der Waals surface area contributed by atoms with Crippen LogP contribution in [0.25, 0.3) is 0 Å². The Balaban J connectivity index is 2.16. The van der Waals surface area contributed by atoms with Gasteiger partial charge in [-0.15, -0.1) is 5.10 Å². The summed E-state index contributed by atoms with van der Waals surface area (Å²) in [5, 5.41) is 15.7. The maximum atomic E-state index is 13.6. The number of carbonyl (C=O) groups is 2. The van der Waals surface area contributed by atoms with Crippen molar-refractivity contribution >= 4 is 39.3 Å². The largest absolute Gasteiger partial charge is 0.436 e. The summed E-state index contributed by atoms with van der Waals surface area (Å²) in [5.41, 5.74) is 2.09. The van der Waals surface area contributed by atoms with E-state index in [1.54, 1.807) is 13.0 Å². The van der Waals surface area contributed by atoms with E-state index >= 15 is 0 Å². The number of nitrogens with two attached hydrogens (primary N) is 1. The molecule has 10 nitrogen and oxygen atoms in total. The predicted molar refractivity (Wildman–Crippen MR) is 124 cm³/mol. The first-order chi connectivity index (χ1) is 16.9. The zero-order chi connectivity index (χ0) is 26.3. The number of carbonyl (C=O) groups excluding carboxylic acids is 2. The smallest absolute Gasteiger partial charge is 0.366 e. The van der Waals surface area contributed by atoms with Crippen molar-refractivity contribution in [2.75, 3.05) is 0 Å². The van der Waals surface area contributed by atoms with Crippen molar-refractivity contribution in [1.82, 2.24) is 35.5 Å². The molecule has 186 valence electrons. The zero-order valence-electron chi connectivity index (χ0n) is 18.1. The first-order valence-corrected chi connectivity index (χ1v) is 11.2. The Morgan fingerprint density at radius 2 is 1.97 bits per heavy atom. The number of pyridine rings is 1. The van der Waals surface area contributed by atoms with Gasteiger partial charge in [-0.25, -0.2) is 4.68 Å². The number of nitrogens with one attached hydrogen (secondary N) is 2. The van der Waals surface area contributed by atoms with Gasteiger partial charge >= 0.3 is 6.18 Å². The summed E-state index contributed by atoms with van der Waals surface area (Å²) in [6.45, 7) is 1.57. The van der Waals surface area contributed by atoms with E-state index in [1.165, 1.54) is 36.7 Å². The van der Waals surface area contributed by atoms with E-state index in [4.69, 9.17) is 17.3 Å². The van der Waals surface area contributed by atoms with Crippen LogP contribution in [0.5, 0.6) is 0 Å². The maximum absolute atomic E-state index is 13.6. The van der Waals surface area contributed by atoms with E-state index in [-0.39, 0.29) is 27.5 Å². The van der Waals surface area contributed by atoms with Crippen LogP contribution in [0.4, 0.5) is 13.2 Å².